The van der Waals surface area contributed by atoms with Crippen LogP contribution in [0.2, 0.25) is 0 Å². The maximum absolute atomic E-state index is 12.6. The van der Waals surface area contributed by atoms with Gasteiger partial charge in [-0.3, -0.25) is 4.79 Å². The molecular weight excluding hydrogens is 803 g/mol. The first-order valence-electron chi connectivity index (χ1n) is 29.9. The van der Waals surface area contributed by atoms with E-state index in [1.54, 1.807) is 0 Å². The summed E-state index contributed by atoms with van der Waals surface area (Å²) < 4.78 is 0. The van der Waals surface area contributed by atoms with Gasteiger partial charge in [0.1, 0.15) is 12.2 Å². The van der Waals surface area contributed by atoms with E-state index in [4.69, 9.17) is 0 Å². The van der Waals surface area contributed by atoms with E-state index in [9.17, 15) is 25.2 Å². The summed E-state index contributed by atoms with van der Waals surface area (Å²) in [6.07, 6.45) is 63.2. The number of aliphatic hydroxyl groups is 4. The molecule has 0 aliphatic heterocycles. The fourth-order valence-electron chi connectivity index (χ4n) is 9.88. The number of hydrogen-bond acceptors (Lipinski definition) is 5. The molecule has 4 unspecified atom stereocenters. The highest BCUT2D eigenvalue weighted by Gasteiger charge is 2.28. The van der Waals surface area contributed by atoms with Crippen LogP contribution in [0.15, 0.2) is 0 Å². The summed E-state index contributed by atoms with van der Waals surface area (Å²) in [6.45, 7) is 4.11. The van der Waals surface area contributed by atoms with Crippen molar-refractivity contribution in [3.63, 3.8) is 0 Å². The molecule has 0 aromatic carbocycles. The van der Waals surface area contributed by atoms with Crippen LogP contribution >= 0.6 is 0 Å². The van der Waals surface area contributed by atoms with Gasteiger partial charge in [0.2, 0.25) is 5.91 Å². The molecule has 0 bridgehead atoms. The van der Waals surface area contributed by atoms with Crippen molar-refractivity contribution in [2.45, 2.75) is 366 Å². The van der Waals surface area contributed by atoms with E-state index in [-0.39, 0.29) is 0 Å². The highest BCUT2D eigenvalue weighted by molar-refractivity contribution is 5.80. The molecule has 0 aromatic rings. The molecule has 0 saturated heterocycles. The van der Waals surface area contributed by atoms with Crippen molar-refractivity contribution < 1.29 is 25.2 Å². The van der Waals surface area contributed by atoms with Crippen LogP contribution in [-0.2, 0) is 4.79 Å². The Bertz CT molecular complexity index is 902. The van der Waals surface area contributed by atoms with Gasteiger partial charge < -0.3 is 25.7 Å². The minimum absolute atomic E-state index is 0.376. The minimum atomic E-state index is -1.26. The molecule has 6 heteroatoms. The van der Waals surface area contributed by atoms with Gasteiger partial charge in [0.25, 0.3) is 0 Å². The molecular formula is C59H119NO5. The monoisotopic (exact) mass is 922 g/mol. The topological polar surface area (TPSA) is 110 Å². The molecule has 0 aromatic heterocycles. The molecule has 0 spiro atoms. The number of amides is 1. The van der Waals surface area contributed by atoms with E-state index >= 15 is 0 Å². The molecule has 0 heterocycles. The van der Waals surface area contributed by atoms with Crippen LogP contribution in [0.4, 0.5) is 0 Å². The van der Waals surface area contributed by atoms with Gasteiger partial charge in [-0.25, -0.2) is 0 Å². The Balaban J connectivity index is 3.56. The normalized spacial score (nSPS) is 13.6. The summed E-state index contributed by atoms with van der Waals surface area (Å²) in [4.78, 5) is 12.6. The van der Waals surface area contributed by atoms with Crippen LogP contribution in [0.25, 0.3) is 0 Å². The van der Waals surface area contributed by atoms with Crippen molar-refractivity contribution in [2.75, 3.05) is 6.61 Å². The molecule has 4 atom stereocenters. The molecule has 0 fully saturated rings. The lowest BCUT2D eigenvalue weighted by molar-refractivity contribution is -0.132. The minimum Gasteiger partial charge on any atom is -0.394 e. The Hall–Kier alpha value is -0.690. The summed E-state index contributed by atoms with van der Waals surface area (Å²) in [5, 5.41) is 44.1. The van der Waals surface area contributed by atoms with E-state index in [0.29, 0.717) is 12.8 Å². The number of carbonyl (C=O) groups excluding carboxylic acids is 1. The third-order valence-electron chi connectivity index (χ3n) is 14.6. The lowest BCUT2D eigenvalue weighted by Gasteiger charge is -2.27. The van der Waals surface area contributed by atoms with Gasteiger partial charge in [0, 0.05) is 0 Å². The zero-order valence-electron chi connectivity index (χ0n) is 44.3. The zero-order chi connectivity index (χ0) is 47.4. The maximum atomic E-state index is 12.6. The van der Waals surface area contributed by atoms with E-state index in [0.717, 1.165) is 38.5 Å². The van der Waals surface area contributed by atoms with E-state index in [1.807, 2.05) is 0 Å². The van der Waals surface area contributed by atoms with Gasteiger partial charge in [-0.2, -0.15) is 0 Å². The Morgan fingerprint density at radius 1 is 0.323 bits per heavy atom. The van der Waals surface area contributed by atoms with Crippen LogP contribution in [0, 0.1) is 0 Å². The lowest BCUT2D eigenvalue weighted by atomic mass is 9.99. The van der Waals surface area contributed by atoms with Crippen LogP contribution in [-0.4, -0.2) is 57.3 Å². The van der Waals surface area contributed by atoms with E-state index < -0.39 is 36.9 Å². The summed E-state index contributed by atoms with van der Waals surface area (Å²) >= 11 is 0. The molecule has 0 aliphatic rings. The first kappa shape index (κ1) is 64.3. The Morgan fingerprint density at radius 3 is 0.738 bits per heavy atom. The third kappa shape index (κ3) is 48.1. The first-order valence-corrected chi connectivity index (χ1v) is 29.9. The fraction of sp³-hybridized carbons (Fsp3) is 0.983. The lowest BCUT2D eigenvalue weighted by Crippen LogP contribution is -2.53. The van der Waals surface area contributed by atoms with Gasteiger partial charge in [-0.05, 0) is 12.8 Å². The highest BCUT2D eigenvalue weighted by atomic mass is 16.3. The number of nitrogens with one attached hydrogen (secondary N) is 1. The molecule has 390 valence electrons. The summed E-state index contributed by atoms with van der Waals surface area (Å²) in [5.74, 6) is -0.575. The molecule has 6 nitrogen and oxygen atoms in total. The number of rotatable bonds is 56. The first-order chi connectivity index (χ1) is 32.0. The quantitative estimate of drug-likeness (QED) is 0.0390. The van der Waals surface area contributed by atoms with Crippen LogP contribution in [0.5, 0.6) is 0 Å². The number of carbonyl (C=O) groups is 1. The predicted molar refractivity (Wildman–Crippen MR) is 284 cm³/mol. The molecule has 0 rings (SSSR count). The largest absolute Gasteiger partial charge is 0.394 e. The number of hydrogen-bond donors (Lipinski definition) is 5. The average Bonchev–Trinajstić information content (AvgIpc) is 3.31. The fourth-order valence-corrected chi connectivity index (χ4v) is 9.88. The zero-order valence-corrected chi connectivity index (χ0v) is 44.3. The molecule has 65 heavy (non-hydrogen) atoms. The molecule has 0 radical (unpaired) electrons. The summed E-state index contributed by atoms with van der Waals surface area (Å²) in [7, 11) is 0. The highest BCUT2D eigenvalue weighted by Crippen LogP contribution is 2.19. The van der Waals surface area contributed by atoms with Crippen molar-refractivity contribution in [2.24, 2.45) is 0 Å². The van der Waals surface area contributed by atoms with Gasteiger partial charge in [0.15, 0.2) is 0 Å². The molecule has 0 aliphatic carbocycles. The second kappa shape index (κ2) is 54.3. The van der Waals surface area contributed by atoms with Crippen LogP contribution < -0.4 is 5.32 Å². The van der Waals surface area contributed by atoms with E-state index in [1.165, 1.54) is 276 Å². The van der Waals surface area contributed by atoms with Gasteiger partial charge in [-0.15, -0.1) is 0 Å². The summed E-state index contributed by atoms with van der Waals surface area (Å²) in [5.41, 5.74) is 0. The van der Waals surface area contributed by atoms with Crippen molar-refractivity contribution >= 4 is 5.91 Å². The predicted octanol–water partition coefficient (Wildman–Crippen LogP) is 17.5. The Morgan fingerprint density at radius 2 is 0.523 bits per heavy atom. The SMILES string of the molecule is CCCCCCCCCCCCCCCCCCCCCCCCCCCCC(O)C(O)C(CO)NC(=O)C(O)CCCCCCCCCCCCCCCCCCCCCCCCC. The molecule has 1 amide bonds. The Kier molecular flexibility index (Phi) is 53.7. The second-order valence-corrected chi connectivity index (χ2v) is 21.1. The standard InChI is InChI=1S/C59H119NO5/c1-3-5-7-9-11-13-15-17-19-21-23-25-27-28-29-31-32-34-36-38-40-42-44-46-48-50-52-56(62)58(64)55(54-61)60-59(65)57(63)53-51-49-47-45-43-41-39-37-35-33-30-26-24-22-20-18-16-14-12-10-8-6-4-2/h55-58,61-64H,3-54H2,1-2H3,(H,60,65). The number of aliphatic hydroxyl groups excluding tert-OH is 4. The van der Waals surface area contributed by atoms with Crippen molar-refractivity contribution in [1.82, 2.24) is 5.32 Å². The molecule has 0 saturated carbocycles. The number of unbranched alkanes of at least 4 members (excludes halogenated alkanes) is 47. The summed E-state index contributed by atoms with van der Waals surface area (Å²) in [6, 6.07) is -0.981. The van der Waals surface area contributed by atoms with Gasteiger partial charge in [-0.1, -0.05) is 328 Å². The van der Waals surface area contributed by atoms with E-state index in [2.05, 4.69) is 19.2 Å². The van der Waals surface area contributed by atoms with Crippen molar-refractivity contribution in [1.29, 1.82) is 0 Å². The van der Waals surface area contributed by atoms with Gasteiger partial charge in [0.05, 0.1) is 18.8 Å². The molecule has 5 N–H and O–H groups in total. The Labute approximate surface area is 407 Å². The van der Waals surface area contributed by atoms with Crippen molar-refractivity contribution in [3.8, 4) is 0 Å². The second-order valence-electron chi connectivity index (χ2n) is 21.1. The third-order valence-corrected chi connectivity index (χ3v) is 14.6. The van der Waals surface area contributed by atoms with Crippen LogP contribution in [0.1, 0.15) is 341 Å². The van der Waals surface area contributed by atoms with Crippen molar-refractivity contribution in [3.05, 3.63) is 0 Å². The average molecular weight is 923 g/mol. The maximum Gasteiger partial charge on any atom is 0.249 e. The van der Waals surface area contributed by atoms with Gasteiger partial charge >= 0.3 is 0 Å². The smallest absolute Gasteiger partial charge is 0.249 e. The van der Waals surface area contributed by atoms with Crippen LogP contribution in [0.3, 0.4) is 0 Å².